The lowest BCUT2D eigenvalue weighted by Gasteiger charge is -2.41. The van der Waals surface area contributed by atoms with Gasteiger partial charge in [0.05, 0.1) is 30.8 Å². The molecule has 2 aromatic rings. The number of piperazine rings is 1. The van der Waals surface area contributed by atoms with E-state index in [1.54, 1.807) is 4.90 Å². The molecule has 4 aliphatic rings. The van der Waals surface area contributed by atoms with Gasteiger partial charge in [0, 0.05) is 64.1 Å². The Hall–Kier alpha value is -4.15. The number of carboxylic acid groups (broad SMARTS) is 1. The Labute approximate surface area is 263 Å². The van der Waals surface area contributed by atoms with Gasteiger partial charge in [-0.05, 0) is 37.7 Å². The molecule has 0 saturated carbocycles. The molecule has 0 radical (unpaired) electrons. The minimum atomic E-state index is -0.986. The predicted molar refractivity (Wildman–Crippen MR) is 163 cm³/mol. The van der Waals surface area contributed by atoms with Crippen LogP contribution in [0.15, 0.2) is 30.3 Å². The second-order valence-electron chi connectivity index (χ2n) is 12.1. The van der Waals surface area contributed by atoms with Crippen LogP contribution in [0, 0.1) is 11.3 Å². The molecule has 1 N–H and O–H groups in total. The van der Waals surface area contributed by atoms with E-state index in [1.165, 1.54) is 4.90 Å². The summed E-state index contributed by atoms with van der Waals surface area (Å²) >= 11 is 0. The number of likely N-dealkylation sites (tertiary alicyclic amines) is 1. The first-order valence-corrected chi connectivity index (χ1v) is 15.9. The molecule has 2 amide bonds. The van der Waals surface area contributed by atoms with Crippen molar-refractivity contribution in [2.75, 3.05) is 57.4 Å². The Morgan fingerprint density at radius 1 is 1.02 bits per heavy atom. The maximum atomic E-state index is 13.1. The minimum absolute atomic E-state index is 0.0336. The molecule has 1 unspecified atom stereocenters. The number of benzene rings is 1. The van der Waals surface area contributed by atoms with Gasteiger partial charge in [0.1, 0.15) is 18.5 Å². The third-order valence-corrected chi connectivity index (χ3v) is 9.30. The molecule has 45 heavy (non-hydrogen) atoms. The lowest BCUT2D eigenvalue weighted by atomic mass is 10.0. The van der Waals surface area contributed by atoms with Gasteiger partial charge in [-0.15, -0.1) is 0 Å². The van der Waals surface area contributed by atoms with E-state index in [1.807, 2.05) is 30.3 Å². The van der Waals surface area contributed by atoms with Crippen molar-refractivity contribution < 1.29 is 28.9 Å². The highest BCUT2D eigenvalue weighted by Crippen LogP contribution is 2.32. The quantitative estimate of drug-likeness (QED) is 0.488. The summed E-state index contributed by atoms with van der Waals surface area (Å²) in [5, 5.41) is 19.3. The van der Waals surface area contributed by atoms with Crippen molar-refractivity contribution in [1.29, 1.82) is 5.26 Å². The number of hydrogen-bond donors (Lipinski definition) is 1. The second-order valence-corrected chi connectivity index (χ2v) is 12.1. The van der Waals surface area contributed by atoms with Gasteiger partial charge in [-0.1, -0.05) is 30.3 Å². The van der Waals surface area contributed by atoms with Crippen LogP contribution in [0.5, 0.6) is 6.01 Å². The number of fused-ring (bicyclic) bond motifs is 1. The van der Waals surface area contributed by atoms with E-state index in [2.05, 4.69) is 15.9 Å². The monoisotopic (exact) mass is 619 g/mol. The fourth-order valence-electron chi connectivity index (χ4n) is 6.79. The summed E-state index contributed by atoms with van der Waals surface area (Å²) < 4.78 is 17.5. The lowest BCUT2D eigenvalue weighted by molar-refractivity contribution is 0.00863. The molecule has 0 aliphatic carbocycles. The Morgan fingerprint density at radius 3 is 2.53 bits per heavy atom. The fraction of sp³-hybridized carbons (Fsp3) is 0.594. The van der Waals surface area contributed by atoms with E-state index in [0.29, 0.717) is 50.2 Å². The number of hydrogen-bond acceptors (Lipinski definition) is 10. The summed E-state index contributed by atoms with van der Waals surface area (Å²) in [4.78, 5) is 42.1. The highest BCUT2D eigenvalue weighted by atomic mass is 16.6. The van der Waals surface area contributed by atoms with Gasteiger partial charge in [-0.2, -0.15) is 15.2 Å². The van der Waals surface area contributed by atoms with Crippen molar-refractivity contribution in [3.63, 3.8) is 0 Å². The van der Waals surface area contributed by atoms with Crippen molar-refractivity contribution in [1.82, 2.24) is 24.7 Å². The molecule has 240 valence electrons. The first-order chi connectivity index (χ1) is 22.0. The standard InChI is InChI=1S/C32H41N7O6/c33-12-6-25-20-37(16-17-39(25)32(42)44-22-23-4-2-1-3-5-23)29-27-9-15-38(31(40)41)21-28(27)34-30(35-29)45-26-7-13-36(14-8-26)24-10-18-43-19-11-24/h1-5,24-26H,6-11,13-22H2,(H,40,41). The lowest BCUT2D eigenvalue weighted by Crippen LogP contribution is -2.56. The Balaban J connectivity index is 1.17. The number of amides is 2. The summed E-state index contributed by atoms with van der Waals surface area (Å²) in [6.45, 7) is 5.42. The third kappa shape index (κ3) is 7.40. The molecule has 3 saturated heterocycles. The Bertz CT molecular complexity index is 1370. The molecule has 1 atom stereocenters. The van der Waals surface area contributed by atoms with Gasteiger partial charge in [0.15, 0.2) is 0 Å². The first kappa shape index (κ1) is 30.9. The van der Waals surface area contributed by atoms with Crippen LogP contribution in [0.2, 0.25) is 0 Å². The number of carbonyl (C=O) groups excluding carboxylic acids is 1. The van der Waals surface area contributed by atoms with Crippen molar-refractivity contribution >= 4 is 18.0 Å². The van der Waals surface area contributed by atoms with Crippen LogP contribution in [-0.2, 0) is 29.0 Å². The molecule has 5 heterocycles. The smallest absolute Gasteiger partial charge is 0.410 e. The van der Waals surface area contributed by atoms with Crippen LogP contribution >= 0.6 is 0 Å². The second kappa shape index (κ2) is 14.3. The van der Waals surface area contributed by atoms with Crippen LogP contribution < -0.4 is 9.64 Å². The van der Waals surface area contributed by atoms with Gasteiger partial charge >= 0.3 is 18.2 Å². The van der Waals surface area contributed by atoms with Crippen molar-refractivity contribution in [3.8, 4) is 12.1 Å². The van der Waals surface area contributed by atoms with Crippen LogP contribution in [0.25, 0.3) is 0 Å². The van der Waals surface area contributed by atoms with E-state index < -0.39 is 18.2 Å². The molecule has 3 fully saturated rings. The zero-order valence-electron chi connectivity index (χ0n) is 25.6. The van der Waals surface area contributed by atoms with Gasteiger partial charge < -0.3 is 34.0 Å². The van der Waals surface area contributed by atoms with E-state index in [9.17, 15) is 20.0 Å². The van der Waals surface area contributed by atoms with Gasteiger partial charge in [0.25, 0.3) is 0 Å². The van der Waals surface area contributed by atoms with Gasteiger partial charge in [-0.3, -0.25) is 4.90 Å². The summed E-state index contributed by atoms with van der Waals surface area (Å²) in [6, 6.07) is 12.1. The average Bonchev–Trinajstić information content (AvgIpc) is 3.08. The predicted octanol–water partition coefficient (Wildman–Crippen LogP) is 3.28. The Kier molecular flexibility index (Phi) is 9.81. The zero-order chi connectivity index (χ0) is 31.2. The molecule has 1 aromatic heterocycles. The molecule has 4 aliphatic heterocycles. The van der Waals surface area contributed by atoms with Crippen LogP contribution in [0.1, 0.15) is 48.9 Å². The number of ether oxygens (including phenoxy) is 3. The molecule has 0 spiro atoms. The minimum Gasteiger partial charge on any atom is -0.465 e. The van der Waals surface area contributed by atoms with Gasteiger partial charge in [0.2, 0.25) is 0 Å². The summed E-state index contributed by atoms with van der Waals surface area (Å²) in [5.74, 6) is 0.694. The van der Waals surface area contributed by atoms with Gasteiger partial charge in [-0.25, -0.2) is 9.59 Å². The summed E-state index contributed by atoms with van der Waals surface area (Å²) in [7, 11) is 0. The fourth-order valence-corrected chi connectivity index (χ4v) is 6.79. The number of aromatic nitrogens is 2. The first-order valence-electron chi connectivity index (χ1n) is 15.9. The molecule has 13 heteroatoms. The summed E-state index contributed by atoms with van der Waals surface area (Å²) in [6.07, 6.45) is 3.01. The zero-order valence-corrected chi connectivity index (χ0v) is 25.6. The SMILES string of the molecule is N#CCC1CN(c2nc(OC3CCN(C4CCOCC4)CC3)nc3c2CCN(C(=O)O)C3)CCN1C(=O)OCc1ccccc1. The number of piperidine rings is 1. The maximum Gasteiger partial charge on any atom is 0.410 e. The molecular weight excluding hydrogens is 578 g/mol. The van der Waals surface area contributed by atoms with Crippen molar-refractivity contribution in [2.45, 2.75) is 69.9 Å². The van der Waals surface area contributed by atoms with E-state index in [-0.39, 0.29) is 31.7 Å². The van der Waals surface area contributed by atoms with Crippen LogP contribution in [-0.4, -0.2) is 113 Å². The Morgan fingerprint density at radius 2 is 1.80 bits per heavy atom. The number of nitrogens with zero attached hydrogens (tertiary/aromatic N) is 7. The van der Waals surface area contributed by atoms with Crippen molar-refractivity contribution in [3.05, 3.63) is 47.2 Å². The van der Waals surface area contributed by atoms with E-state index >= 15 is 0 Å². The van der Waals surface area contributed by atoms with Crippen LogP contribution in [0.4, 0.5) is 15.4 Å². The van der Waals surface area contributed by atoms with Crippen LogP contribution in [0.3, 0.4) is 0 Å². The molecule has 13 nitrogen and oxygen atoms in total. The molecule has 6 rings (SSSR count). The highest BCUT2D eigenvalue weighted by Gasteiger charge is 2.36. The largest absolute Gasteiger partial charge is 0.465 e. The molecular formula is C32H41N7O6. The van der Waals surface area contributed by atoms with E-state index in [0.717, 1.165) is 63.1 Å². The van der Waals surface area contributed by atoms with Crippen molar-refractivity contribution in [2.24, 2.45) is 0 Å². The van der Waals surface area contributed by atoms with E-state index in [4.69, 9.17) is 24.2 Å². The third-order valence-electron chi connectivity index (χ3n) is 9.30. The molecule has 0 bridgehead atoms. The number of rotatable bonds is 7. The highest BCUT2D eigenvalue weighted by molar-refractivity contribution is 5.69. The average molecular weight is 620 g/mol. The molecule has 1 aromatic carbocycles. The number of carbonyl (C=O) groups is 2. The topological polar surface area (TPSA) is 145 Å². The number of anilines is 1. The normalized spacial score (nSPS) is 21.6. The summed E-state index contributed by atoms with van der Waals surface area (Å²) in [5.41, 5.74) is 2.43. The number of nitriles is 1. The maximum absolute atomic E-state index is 13.1.